The summed E-state index contributed by atoms with van der Waals surface area (Å²) in [4.78, 5) is 9.38. The van der Waals surface area contributed by atoms with Crippen LogP contribution in [0.3, 0.4) is 0 Å². The fraction of sp³-hybridized carbons (Fsp3) is 0.867. The maximum atomic E-state index is 5.95. The third kappa shape index (κ3) is 3.44. The Labute approximate surface area is 127 Å². The van der Waals surface area contributed by atoms with Crippen molar-refractivity contribution in [3.05, 3.63) is 11.7 Å². The normalized spacial score (nSPS) is 21.9. The Morgan fingerprint density at radius 1 is 1.29 bits per heavy atom. The van der Waals surface area contributed by atoms with Gasteiger partial charge in [0.05, 0.1) is 5.41 Å². The first-order valence-corrected chi connectivity index (χ1v) is 7.96. The van der Waals surface area contributed by atoms with E-state index >= 15 is 0 Å². The highest BCUT2D eigenvalue weighted by Crippen LogP contribution is 2.29. The fourth-order valence-corrected chi connectivity index (χ4v) is 3.01. The average Bonchev–Trinajstić information content (AvgIpc) is 2.95. The van der Waals surface area contributed by atoms with Crippen molar-refractivity contribution in [3.8, 4) is 0 Å². The molecule has 120 valence electrons. The second-order valence-electron chi connectivity index (χ2n) is 6.31. The third-order valence-corrected chi connectivity index (χ3v) is 5.06. The summed E-state index contributed by atoms with van der Waals surface area (Å²) >= 11 is 0. The first-order valence-electron chi connectivity index (χ1n) is 7.96. The third-order valence-electron chi connectivity index (χ3n) is 5.06. The molecule has 2 rings (SSSR count). The predicted molar refractivity (Wildman–Crippen MR) is 83.2 cm³/mol. The monoisotopic (exact) mass is 295 g/mol. The van der Waals surface area contributed by atoms with Crippen LogP contribution >= 0.6 is 0 Å². The molecule has 0 saturated carbocycles. The van der Waals surface area contributed by atoms with Gasteiger partial charge in [-0.15, -0.1) is 0 Å². The summed E-state index contributed by atoms with van der Waals surface area (Å²) in [6, 6.07) is 0.449. The molecule has 6 nitrogen and oxygen atoms in total. The maximum absolute atomic E-state index is 5.95. The van der Waals surface area contributed by atoms with Gasteiger partial charge < -0.3 is 20.1 Å². The molecule has 1 atom stereocenters. The number of hydrogen-bond donors (Lipinski definition) is 1. The van der Waals surface area contributed by atoms with Crippen LogP contribution in [0.4, 0.5) is 0 Å². The Balaban J connectivity index is 2.09. The van der Waals surface area contributed by atoms with E-state index in [2.05, 4.69) is 47.9 Å². The highest BCUT2D eigenvalue weighted by molar-refractivity contribution is 5.06. The van der Waals surface area contributed by atoms with Crippen LogP contribution in [0, 0.1) is 0 Å². The van der Waals surface area contributed by atoms with E-state index in [1.807, 2.05) is 0 Å². The van der Waals surface area contributed by atoms with Crippen molar-refractivity contribution >= 4 is 0 Å². The van der Waals surface area contributed by atoms with Crippen molar-refractivity contribution in [2.75, 3.05) is 40.3 Å². The van der Waals surface area contributed by atoms with Gasteiger partial charge in [-0.1, -0.05) is 19.0 Å². The summed E-state index contributed by atoms with van der Waals surface area (Å²) in [5.41, 5.74) is 5.79. The van der Waals surface area contributed by atoms with Crippen LogP contribution in [-0.4, -0.2) is 66.3 Å². The second kappa shape index (κ2) is 6.85. The van der Waals surface area contributed by atoms with E-state index in [0.29, 0.717) is 18.5 Å². The quantitative estimate of drug-likeness (QED) is 0.840. The summed E-state index contributed by atoms with van der Waals surface area (Å²) in [5, 5.41) is 4.19. The van der Waals surface area contributed by atoms with E-state index in [4.69, 9.17) is 10.3 Å². The first kappa shape index (κ1) is 16.4. The van der Waals surface area contributed by atoms with Gasteiger partial charge in [0, 0.05) is 38.6 Å². The van der Waals surface area contributed by atoms with Crippen molar-refractivity contribution in [2.24, 2.45) is 5.73 Å². The molecule has 1 aromatic rings. The summed E-state index contributed by atoms with van der Waals surface area (Å²) in [6.07, 6.45) is 2.68. The number of piperazine rings is 1. The molecule has 0 aliphatic carbocycles. The zero-order chi connectivity index (χ0) is 15.5. The zero-order valence-electron chi connectivity index (χ0n) is 13.8. The topological polar surface area (TPSA) is 71.4 Å². The van der Waals surface area contributed by atoms with Gasteiger partial charge in [-0.3, -0.25) is 0 Å². The maximum Gasteiger partial charge on any atom is 0.234 e. The molecule has 0 bridgehead atoms. The molecule has 1 aliphatic heterocycles. The lowest BCUT2D eigenvalue weighted by molar-refractivity contribution is 0.113. The molecule has 6 heteroatoms. The van der Waals surface area contributed by atoms with Gasteiger partial charge >= 0.3 is 0 Å². The second-order valence-corrected chi connectivity index (χ2v) is 6.31. The van der Waals surface area contributed by atoms with Crippen LogP contribution in [-0.2, 0) is 11.8 Å². The molecular weight excluding hydrogens is 266 g/mol. The van der Waals surface area contributed by atoms with E-state index in [-0.39, 0.29) is 5.41 Å². The molecule has 0 amide bonds. The lowest BCUT2D eigenvalue weighted by atomic mass is 9.82. The molecule has 2 heterocycles. The van der Waals surface area contributed by atoms with Crippen LogP contribution < -0.4 is 5.73 Å². The molecule has 0 spiro atoms. The Kier molecular flexibility index (Phi) is 5.35. The number of nitrogens with zero attached hydrogens (tertiary/aromatic N) is 4. The van der Waals surface area contributed by atoms with E-state index < -0.39 is 0 Å². The Bertz CT molecular complexity index is 435. The van der Waals surface area contributed by atoms with E-state index in [1.165, 1.54) is 0 Å². The predicted octanol–water partition coefficient (Wildman–Crippen LogP) is 0.874. The Hall–Kier alpha value is -0.980. The number of rotatable bonds is 6. The number of nitrogens with two attached hydrogens (primary N) is 1. The minimum absolute atomic E-state index is 0.166. The Morgan fingerprint density at radius 3 is 2.62 bits per heavy atom. The molecule has 1 saturated heterocycles. The highest BCUT2D eigenvalue weighted by Gasteiger charge is 2.34. The van der Waals surface area contributed by atoms with Gasteiger partial charge in [0.15, 0.2) is 5.82 Å². The van der Waals surface area contributed by atoms with Crippen molar-refractivity contribution in [3.63, 3.8) is 0 Å². The van der Waals surface area contributed by atoms with E-state index in [9.17, 15) is 0 Å². The average molecular weight is 295 g/mol. The fourth-order valence-electron chi connectivity index (χ4n) is 3.01. The van der Waals surface area contributed by atoms with Crippen molar-refractivity contribution in [2.45, 2.75) is 44.6 Å². The van der Waals surface area contributed by atoms with E-state index in [1.54, 1.807) is 0 Å². The van der Waals surface area contributed by atoms with Gasteiger partial charge in [0.1, 0.15) is 0 Å². The lowest BCUT2D eigenvalue weighted by Crippen LogP contribution is -2.50. The number of likely N-dealkylation sites (N-methyl/N-ethyl adjacent to an activating group) is 2. The highest BCUT2D eigenvalue weighted by atomic mass is 16.5. The first-order chi connectivity index (χ1) is 10.0. The standard InChI is InChI=1S/C15H29N5O/c1-5-15(6-2,11-16)14-17-13(18-21-14)9-12-10-19(3)7-8-20(12)4/h12H,5-11,16H2,1-4H3. The van der Waals surface area contributed by atoms with Gasteiger partial charge in [0.25, 0.3) is 0 Å². The molecule has 1 aliphatic rings. The largest absolute Gasteiger partial charge is 0.339 e. The number of aromatic nitrogens is 2. The Morgan fingerprint density at radius 2 is 2.00 bits per heavy atom. The molecule has 1 unspecified atom stereocenters. The minimum Gasteiger partial charge on any atom is -0.339 e. The van der Waals surface area contributed by atoms with Crippen LogP contribution in [0.15, 0.2) is 4.52 Å². The minimum atomic E-state index is -0.166. The van der Waals surface area contributed by atoms with Crippen LogP contribution in [0.25, 0.3) is 0 Å². The summed E-state index contributed by atoms with van der Waals surface area (Å²) in [6.45, 7) is 8.06. The lowest BCUT2D eigenvalue weighted by Gasteiger charge is -2.37. The van der Waals surface area contributed by atoms with Crippen LogP contribution in [0.1, 0.15) is 38.4 Å². The van der Waals surface area contributed by atoms with E-state index in [0.717, 1.165) is 44.7 Å². The van der Waals surface area contributed by atoms with Crippen LogP contribution in [0.2, 0.25) is 0 Å². The van der Waals surface area contributed by atoms with Gasteiger partial charge in [0.2, 0.25) is 5.89 Å². The molecular formula is C15H29N5O. The molecule has 1 fully saturated rings. The van der Waals surface area contributed by atoms with Crippen molar-refractivity contribution < 1.29 is 4.52 Å². The summed E-state index contributed by atoms with van der Waals surface area (Å²) < 4.78 is 5.53. The molecule has 0 radical (unpaired) electrons. The van der Waals surface area contributed by atoms with Gasteiger partial charge in [-0.25, -0.2) is 0 Å². The van der Waals surface area contributed by atoms with Crippen LogP contribution in [0.5, 0.6) is 0 Å². The van der Waals surface area contributed by atoms with Gasteiger partial charge in [-0.05, 0) is 26.9 Å². The molecule has 2 N–H and O–H groups in total. The zero-order valence-corrected chi connectivity index (χ0v) is 13.8. The smallest absolute Gasteiger partial charge is 0.234 e. The van der Waals surface area contributed by atoms with Crippen molar-refractivity contribution in [1.82, 2.24) is 19.9 Å². The SMILES string of the molecule is CCC(CC)(CN)c1nc(CC2CN(C)CCN2C)no1. The molecule has 21 heavy (non-hydrogen) atoms. The van der Waals surface area contributed by atoms with Crippen molar-refractivity contribution in [1.29, 1.82) is 0 Å². The van der Waals surface area contributed by atoms with Gasteiger partial charge in [-0.2, -0.15) is 4.98 Å². The summed E-state index contributed by atoms with van der Waals surface area (Å²) in [7, 11) is 4.33. The number of hydrogen-bond acceptors (Lipinski definition) is 6. The summed E-state index contributed by atoms with van der Waals surface area (Å²) in [5.74, 6) is 1.51. The molecule has 0 aromatic carbocycles. The molecule has 1 aromatic heterocycles.